The molecule has 0 radical (unpaired) electrons. The molecule has 1 aliphatic carbocycles. The van der Waals surface area contributed by atoms with Crippen LogP contribution >= 0.6 is 0 Å². The third-order valence-corrected chi connectivity index (χ3v) is 3.93. The molecule has 2 rings (SSSR count). The minimum absolute atomic E-state index is 0.0881. The fourth-order valence-electron chi connectivity index (χ4n) is 2.87. The van der Waals surface area contributed by atoms with Crippen molar-refractivity contribution in [2.75, 3.05) is 17.3 Å². The van der Waals surface area contributed by atoms with Gasteiger partial charge in [0.05, 0.1) is 4.92 Å². The number of nitrogen functional groups attached to an aromatic ring is 1. The van der Waals surface area contributed by atoms with Gasteiger partial charge >= 0.3 is 5.69 Å². The molecule has 0 bridgehead atoms. The zero-order chi connectivity index (χ0) is 15.2. The second-order valence-electron chi connectivity index (χ2n) is 5.45. The van der Waals surface area contributed by atoms with Gasteiger partial charge in [-0.1, -0.05) is 25.7 Å². The number of anilines is 2. The van der Waals surface area contributed by atoms with E-state index < -0.39 is 4.92 Å². The predicted molar refractivity (Wildman–Crippen MR) is 80.9 cm³/mol. The first-order chi connectivity index (χ1) is 10.1. The van der Waals surface area contributed by atoms with Crippen molar-refractivity contribution in [2.24, 2.45) is 11.8 Å². The Kier molecular flexibility index (Phi) is 5.26. The molecule has 0 amide bonds. The van der Waals surface area contributed by atoms with E-state index in [4.69, 9.17) is 5.84 Å². The number of hydrazine groups is 1. The average molecular weight is 294 g/mol. The molecule has 1 aromatic heterocycles. The van der Waals surface area contributed by atoms with E-state index in [1.165, 1.54) is 25.7 Å². The summed E-state index contributed by atoms with van der Waals surface area (Å²) in [7, 11) is 0. The van der Waals surface area contributed by atoms with Crippen LogP contribution in [-0.2, 0) is 0 Å². The predicted octanol–water partition coefficient (Wildman–Crippen LogP) is 2.36. The van der Waals surface area contributed by atoms with Crippen LogP contribution in [0.5, 0.6) is 0 Å². The van der Waals surface area contributed by atoms with Gasteiger partial charge in [-0.3, -0.25) is 15.5 Å². The van der Waals surface area contributed by atoms with Crippen LogP contribution in [0.1, 0.15) is 44.2 Å². The highest BCUT2D eigenvalue weighted by molar-refractivity contribution is 5.60. The number of hydrogen-bond donors (Lipinski definition) is 3. The van der Waals surface area contributed by atoms with Crippen molar-refractivity contribution < 1.29 is 4.92 Å². The van der Waals surface area contributed by atoms with Gasteiger partial charge in [-0.2, -0.15) is 4.98 Å². The van der Waals surface area contributed by atoms with Crippen molar-refractivity contribution in [3.05, 3.63) is 15.8 Å². The Morgan fingerprint density at radius 2 is 2.10 bits per heavy atom. The molecule has 8 nitrogen and oxygen atoms in total. The Morgan fingerprint density at radius 3 is 2.71 bits per heavy atom. The highest BCUT2D eigenvalue weighted by atomic mass is 16.6. The summed E-state index contributed by atoms with van der Waals surface area (Å²) in [5.41, 5.74) is 2.53. The molecule has 1 heterocycles. The molecule has 0 aliphatic heterocycles. The maximum atomic E-state index is 11.1. The van der Waals surface area contributed by atoms with Crippen molar-refractivity contribution in [3.8, 4) is 0 Å². The molecular formula is C13H22N6O2. The third-order valence-electron chi connectivity index (χ3n) is 3.93. The smallest absolute Gasteiger partial charge is 0.332 e. The van der Waals surface area contributed by atoms with Gasteiger partial charge < -0.3 is 5.32 Å². The zero-order valence-electron chi connectivity index (χ0n) is 12.3. The summed E-state index contributed by atoms with van der Waals surface area (Å²) in [4.78, 5) is 18.6. The van der Waals surface area contributed by atoms with Crippen LogP contribution in [0.15, 0.2) is 0 Å². The number of nitrogens with two attached hydrogens (primary N) is 1. The van der Waals surface area contributed by atoms with Crippen molar-refractivity contribution in [3.63, 3.8) is 0 Å². The Hall–Kier alpha value is -1.96. The van der Waals surface area contributed by atoms with Crippen LogP contribution in [0.25, 0.3) is 0 Å². The second kappa shape index (κ2) is 7.16. The van der Waals surface area contributed by atoms with Gasteiger partial charge in [0.25, 0.3) is 0 Å². The first-order valence-corrected chi connectivity index (χ1v) is 7.35. The van der Waals surface area contributed by atoms with Gasteiger partial charge in [-0.15, -0.1) is 0 Å². The molecular weight excluding hydrogens is 272 g/mol. The molecule has 1 saturated carbocycles. The standard InChI is InChI=1S/C13H22N6O2/c1-9-11(19(20)21)12(17-13(16-9)18-14)15-8-4-7-10-5-2-3-6-10/h10H,2-8,14H2,1H3,(H2,15,16,17,18). The molecule has 116 valence electrons. The van der Waals surface area contributed by atoms with E-state index in [0.29, 0.717) is 12.2 Å². The van der Waals surface area contributed by atoms with Crippen LogP contribution in [0.4, 0.5) is 17.5 Å². The van der Waals surface area contributed by atoms with Gasteiger partial charge in [0, 0.05) is 6.54 Å². The molecule has 0 unspecified atom stereocenters. The van der Waals surface area contributed by atoms with Crippen LogP contribution in [-0.4, -0.2) is 21.4 Å². The van der Waals surface area contributed by atoms with E-state index in [1.807, 2.05) is 0 Å². The summed E-state index contributed by atoms with van der Waals surface area (Å²) in [5.74, 6) is 6.50. The molecule has 0 saturated heterocycles. The Bertz CT molecular complexity index is 502. The average Bonchev–Trinajstić information content (AvgIpc) is 2.95. The third kappa shape index (κ3) is 4.01. The summed E-state index contributed by atoms with van der Waals surface area (Å²) in [6.07, 6.45) is 7.44. The SMILES string of the molecule is Cc1nc(NN)nc(NCCCC2CCCC2)c1[N+](=O)[O-]. The van der Waals surface area contributed by atoms with Crippen molar-refractivity contribution in [1.82, 2.24) is 9.97 Å². The number of nitrogens with zero attached hydrogens (tertiary/aromatic N) is 3. The number of aryl methyl sites for hydroxylation is 1. The number of hydrogen-bond acceptors (Lipinski definition) is 7. The molecule has 1 fully saturated rings. The van der Waals surface area contributed by atoms with Crippen LogP contribution < -0.4 is 16.6 Å². The quantitative estimate of drug-likeness (QED) is 0.305. The molecule has 0 aromatic carbocycles. The van der Waals surface area contributed by atoms with Gasteiger partial charge in [0.15, 0.2) is 0 Å². The lowest BCUT2D eigenvalue weighted by Gasteiger charge is -2.11. The summed E-state index contributed by atoms with van der Waals surface area (Å²) in [5, 5.41) is 14.2. The molecule has 1 aromatic rings. The zero-order valence-corrected chi connectivity index (χ0v) is 12.3. The first-order valence-electron chi connectivity index (χ1n) is 7.35. The van der Waals surface area contributed by atoms with Gasteiger partial charge in [-0.25, -0.2) is 10.8 Å². The number of aromatic nitrogens is 2. The van der Waals surface area contributed by atoms with E-state index >= 15 is 0 Å². The lowest BCUT2D eigenvalue weighted by Crippen LogP contribution is -2.15. The second-order valence-corrected chi connectivity index (χ2v) is 5.45. The normalized spacial score (nSPS) is 15.1. The molecule has 0 atom stereocenters. The Labute approximate surface area is 123 Å². The molecule has 8 heteroatoms. The minimum atomic E-state index is -0.463. The molecule has 4 N–H and O–H groups in total. The fourth-order valence-corrected chi connectivity index (χ4v) is 2.87. The lowest BCUT2D eigenvalue weighted by atomic mass is 10.0. The molecule has 0 spiro atoms. The first kappa shape index (κ1) is 15.4. The van der Waals surface area contributed by atoms with E-state index in [2.05, 4.69) is 20.7 Å². The van der Waals surface area contributed by atoms with E-state index in [1.54, 1.807) is 6.92 Å². The maximum Gasteiger partial charge on any atom is 0.332 e. The fraction of sp³-hybridized carbons (Fsp3) is 0.692. The summed E-state index contributed by atoms with van der Waals surface area (Å²) >= 11 is 0. The minimum Gasteiger partial charge on any atom is -0.364 e. The summed E-state index contributed by atoms with van der Waals surface area (Å²) in [6, 6.07) is 0. The van der Waals surface area contributed by atoms with Crippen LogP contribution in [0.3, 0.4) is 0 Å². The van der Waals surface area contributed by atoms with Crippen LogP contribution in [0.2, 0.25) is 0 Å². The molecule has 21 heavy (non-hydrogen) atoms. The van der Waals surface area contributed by atoms with Crippen molar-refractivity contribution in [2.45, 2.75) is 45.4 Å². The topological polar surface area (TPSA) is 119 Å². The lowest BCUT2D eigenvalue weighted by molar-refractivity contribution is -0.385. The van der Waals surface area contributed by atoms with E-state index in [0.717, 1.165) is 18.8 Å². The Morgan fingerprint density at radius 1 is 1.38 bits per heavy atom. The Balaban J connectivity index is 1.96. The highest BCUT2D eigenvalue weighted by Crippen LogP contribution is 2.29. The van der Waals surface area contributed by atoms with Gasteiger partial charge in [0.1, 0.15) is 5.69 Å². The largest absolute Gasteiger partial charge is 0.364 e. The van der Waals surface area contributed by atoms with E-state index in [9.17, 15) is 10.1 Å². The summed E-state index contributed by atoms with van der Waals surface area (Å²) in [6.45, 7) is 2.24. The van der Waals surface area contributed by atoms with Crippen molar-refractivity contribution in [1.29, 1.82) is 0 Å². The van der Waals surface area contributed by atoms with Gasteiger partial charge in [0.2, 0.25) is 11.8 Å². The van der Waals surface area contributed by atoms with E-state index in [-0.39, 0.29) is 17.5 Å². The van der Waals surface area contributed by atoms with Crippen molar-refractivity contribution >= 4 is 17.5 Å². The monoisotopic (exact) mass is 294 g/mol. The number of nitro groups is 1. The number of nitrogens with one attached hydrogen (secondary N) is 2. The maximum absolute atomic E-state index is 11.1. The molecule has 1 aliphatic rings. The highest BCUT2D eigenvalue weighted by Gasteiger charge is 2.22. The van der Waals surface area contributed by atoms with Crippen LogP contribution in [0, 0.1) is 23.0 Å². The van der Waals surface area contributed by atoms with Gasteiger partial charge in [-0.05, 0) is 25.7 Å². The number of rotatable bonds is 7. The summed E-state index contributed by atoms with van der Waals surface area (Å²) < 4.78 is 0.